The number of para-hydroxylation sites is 1. The van der Waals surface area contributed by atoms with Crippen molar-refractivity contribution in [3.05, 3.63) is 50.6 Å². The number of carbonyl (C=O) groups is 1. The molecule has 0 fully saturated rings. The van der Waals surface area contributed by atoms with E-state index in [-0.39, 0.29) is 23.4 Å². The highest BCUT2D eigenvalue weighted by atomic mass is 32.2. The summed E-state index contributed by atoms with van der Waals surface area (Å²) >= 11 is 2.75. The lowest BCUT2D eigenvalue weighted by atomic mass is 9.96. The fraction of sp³-hybridized carbons (Fsp3) is 0.435. The second-order valence-corrected chi connectivity index (χ2v) is 9.92. The summed E-state index contributed by atoms with van der Waals surface area (Å²) in [6.07, 6.45) is 0.807. The average molecular weight is 459 g/mol. The summed E-state index contributed by atoms with van der Waals surface area (Å²) in [4.78, 5) is 32.4. The lowest BCUT2D eigenvalue weighted by Crippen LogP contribution is -2.28. The number of aromatic nitrogens is 2. The summed E-state index contributed by atoms with van der Waals surface area (Å²) in [7, 11) is 0. The van der Waals surface area contributed by atoms with Crippen LogP contribution in [0.25, 0.3) is 15.9 Å². The van der Waals surface area contributed by atoms with Crippen LogP contribution in [0.15, 0.2) is 34.2 Å². The van der Waals surface area contributed by atoms with Crippen molar-refractivity contribution < 1.29 is 14.3 Å². The molecule has 1 aromatic carbocycles. The second-order valence-electron chi connectivity index (χ2n) is 7.90. The third-order valence-electron chi connectivity index (χ3n) is 5.44. The van der Waals surface area contributed by atoms with Crippen LogP contribution in [0.1, 0.15) is 36.8 Å². The number of thiophene rings is 1. The minimum atomic E-state index is -0.322. The van der Waals surface area contributed by atoms with Gasteiger partial charge in [0.1, 0.15) is 4.83 Å². The Morgan fingerprint density at radius 2 is 2.16 bits per heavy atom. The predicted molar refractivity (Wildman–Crippen MR) is 124 cm³/mol. The molecule has 1 atom stereocenters. The van der Waals surface area contributed by atoms with Gasteiger partial charge < -0.3 is 9.47 Å². The number of nitrogens with zero attached hydrogens (tertiary/aromatic N) is 2. The van der Waals surface area contributed by atoms with Crippen LogP contribution in [0.4, 0.5) is 0 Å². The van der Waals surface area contributed by atoms with E-state index in [9.17, 15) is 9.59 Å². The summed E-state index contributed by atoms with van der Waals surface area (Å²) in [6, 6.07) is 7.73. The molecule has 8 heteroatoms. The van der Waals surface area contributed by atoms with Gasteiger partial charge in [-0.2, -0.15) is 0 Å². The predicted octanol–water partition coefficient (Wildman–Crippen LogP) is 4.51. The highest BCUT2D eigenvalue weighted by Crippen LogP contribution is 2.36. The zero-order valence-electron chi connectivity index (χ0n) is 18.1. The standard InChI is InChI=1S/C23H26N2O4S2/c1-5-28-19(26)12-30-23-24-21-20(15-10-17(13(2)3)29-11-18(15)31-21)22(27)25(23)16-9-7-6-8-14(16)4/h6-9,13,17H,5,10-12H2,1-4H3/t17-/m0/s1. The Labute approximate surface area is 189 Å². The molecule has 0 bridgehead atoms. The van der Waals surface area contributed by atoms with Crippen molar-refractivity contribution in [2.45, 2.75) is 52.0 Å². The molecule has 0 radical (unpaired) electrons. The molecule has 0 unspecified atom stereocenters. The number of aryl methyl sites for hydroxylation is 1. The molecule has 164 valence electrons. The van der Waals surface area contributed by atoms with E-state index < -0.39 is 0 Å². The Balaban J connectivity index is 1.89. The molecule has 1 aliphatic rings. The van der Waals surface area contributed by atoms with E-state index >= 15 is 0 Å². The molecule has 1 aliphatic heterocycles. The van der Waals surface area contributed by atoms with Gasteiger partial charge in [-0.3, -0.25) is 14.2 Å². The number of ether oxygens (including phenoxy) is 2. The van der Waals surface area contributed by atoms with Gasteiger partial charge in [-0.25, -0.2) is 4.98 Å². The number of fused-ring (bicyclic) bond motifs is 3. The average Bonchev–Trinajstić information content (AvgIpc) is 3.11. The number of rotatable bonds is 6. The molecule has 0 spiro atoms. The summed E-state index contributed by atoms with van der Waals surface area (Å²) in [5.74, 6) is 0.146. The third kappa shape index (κ3) is 4.29. The smallest absolute Gasteiger partial charge is 0.316 e. The molecule has 3 aromatic rings. The SMILES string of the molecule is CCOC(=O)CSc1nc2sc3c(c2c(=O)n1-c1ccccc1C)C[C@@H](C(C)C)OC3. The molecule has 6 nitrogen and oxygen atoms in total. The first-order chi connectivity index (χ1) is 14.9. The zero-order valence-corrected chi connectivity index (χ0v) is 19.8. The van der Waals surface area contributed by atoms with Crippen molar-refractivity contribution in [1.29, 1.82) is 0 Å². The van der Waals surface area contributed by atoms with Gasteiger partial charge in [0.05, 0.1) is 36.1 Å². The van der Waals surface area contributed by atoms with Crippen LogP contribution >= 0.6 is 23.1 Å². The molecule has 31 heavy (non-hydrogen) atoms. The fourth-order valence-electron chi connectivity index (χ4n) is 3.79. The van der Waals surface area contributed by atoms with Gasteiger partial charge >= 0.3 is 5.97 Å². The number of hydrogen-bond donors (Lipinski definition) is 0. The third-order valence-corrected chi connectivity index (χ3v) is 7.45. The lowest BCUT2D eigenvalue weighted by molar-refractivity contribution is -0.139. The minimum Gasteiger partial charge on any atom is -0.465 e. The highest BCUT2D eigenvalue weighted by molar-refractivity contribution is 7.99. The van der Waals surface area contributed by atoms with E-state index in [1.165, 1.54) is 23.1 Å². The molecule has 0 saturated carbocycles. The maximum absolute atomic E-state index is 13.8. The van der Waals surface area contributed by atoms with Crippen molar-refractivity contribution in [1.82, 2.24) is 9.55 Å². The van der Waals surface area contributed by atoms with Crippen LogP contribution in [0.5, 0.6) is 0 Å². The van der Waals surface area contributed by atoms with Crippen LogP contribution < -0.4 is 5.56 Å². The first kappa shape index (κ1) is 22.0. The van der Waals surface area contributed by atoms with E-state index in [0.29, 0.717) is 40.9 Å². The van der Waals surface area contributed by atoms with E-state index in [2.05, 4.69) is 13.8 Å². The second kappa shape index (κ2) is 9.14. The molecular formula is C23H26N2O4S2. The highest BCUT2D eigenvalue weighted by Gasteiger charge is 2.29. The Morgan fingerprint density at radius 1 is 1.39 bits per heavy atom. The Kier molecular flexibility index (Phi) is 6.50. The number of esters is 1. The maximum atomic E-state index is 13.8. The Morgan fingerprint density at radius 3 is 2.87 bits per heavy atom. The summed E-state index contributed by atoms with van der Waals surface area (Å²) in [5.41, 5.74) is 2.72. The van der Waals surface area contributed by atoms with Crippen molar-refractivity contribution in [2.24, 2.45) is 5.92 Å². The monoisotopic (exact) mass is 458 g/mol. The summed E-state index contributed by atoms with van der Waals surface area (Å²) < 4.78 is 12.7. The van der Waals surface area contributed by atoms with Crippen molar-refractivity contribution in [3.63, 3.8) is 0 Å². The number of thioether (sulfide) groups is 1. The van der Waals surface area contributed by atoms with Gasteiger partial charge in [-0.15, -0.1) is 11.3 Å². The quantitative estimate of drug-likeness (QED) is 0.308. The van der Waals surface area contributed by atoms with Crippen LogP contribution in [0.3, 0.4) is 0 Å². The van der Waals surface area contributed by atoms with E-state index in [0.717, 1.165) is 21.7 Å². The van der Waals surface area contributed by atoms with E-state index in [4.69, 9.17) is 14.5 Å². The van der Waals surface area contributed by atoms with Crippen LogP contribution in [-0.4, -0.2) is 34.0 Å². The zero-order chi connectivity index (χ0) is 22.1. The number of hydrogen-bond acceptors (Lipinski definition) is 7. The molecule has 3 heterocycles. The van der Waals surface area contributed by atoms with Crippen molar-refractivity contribution in [3.8, 4) is 5.69 Å². The van der Waals surface area contributed by atoms with Crippen LogP contribution in [0, 0.1) is 12.8 Å². The Hall–Kier alpha value is -2.16. The normalized spacial score (nSPS) is 16.0. The molecule has 0 saturated heterocycles. The van der Waals surface area contributed by atoms with Crippen molar-refractivity contribution in [2.75, 3.05) is 12.4 Å². The van der Waals surface area contributed by atoms with E-state index in [1.807, 2.05) is 31.2 Å². The van der Waals surface area contributed by atoms with Gasteiger partial charge in [0.2, 0.25) is 0 Å². The topological polar surface area (TPSA) is 70.4 Å². The molecule has 0 N–H and O–H groups in total. The van der Waals surface area contributed by atoms with Crippen LogP contribution in [0.2, 0.25) is 0 Å². The van der Waals surface area contributed by atoms with Gasteiger partial charge in [-0.1, -0.05) is 43.8 Å². The first-order valence-electron chi connectivity index (χ1n) is 10.4. The molecule has 2 aromatic heterocycles. The van der Waals surface area contributed by atoms with Gasteiger partial charge in [0.15, 0.2) is 5.16 Å². The molecule has 0 aliphatic carbocycles. The number of carbonyl (C=O) groups excluding carboxylic acids is 1. The summed E-state index contributed by atoms with van der Waals surface area (Å²) in [6.45, 7) is 8.85. The van der Waals surface area contributed by atoms with Gasteiger partial charge in [-0.05, 0) is 37.0 Å². The molecular weight excluding hydrogens is 432 g/mol. The first-order valence-corrected chi connectivity index (χ1v) is 12.2. The summed E-state index contributed by atoms with van der Waals surface area (Å²) in [5, 5.41) is 1.18. The fourth-order valence-corrected chi connectivity index (χ4v) is 5.75. The maximum Gasteiger partial charge on any atom is 0.316 e. The van der Waals surface area contributed by atoms with Gasteiger partial charge in [0, 0.05) is 11.3 Å². The van der Waals surface area contributed by atoms with Gasteiger partial charge in [0.25, 0.3) is 5.56 Å². The largest absolute Gasteiger partial charge is 0.465 e. The van der Waals surface area contributed by atoms with E-state index in [1.54, 1.807) is 11.5 Å². The minimum absolute atomic E-state index is 0.0902. The van der Waals surface area contributed by atoms with Crippen molar-refractivity contribution >= 4 is 39.3 Å². The lowest BCUT2D eigenvalue weighted by Gasteiger charge is -2.26. The Bertz CT molecular complexity index is 1180. The van der Waals surface area contributed by atoms with Crippen LogP contribution in [-0.2, 0) is 27.3 Å². The molecule has 0 amide bonds. The molecule has 4 rings (SSSR count). The number of benzene rings is 1.